The molecule has 0 aromatic heterocycles. The average Bonchev–Trinajstić information content (AvgIpc) is 2.65. The molecule has 1 fully saturated rings. The predicted octanol–water partition coefficient (Wildman–Crippen LogP) is -1.41. The van der Waals surface area contributed by atoms with Gasteiger partial charge in [0, 0.05) is 12.1 Å². The maximum Gasteiger partial charge on any atom is 0.0785 e. The molecule has 1 rings (SSSR count). The van der Waals surface area contributed by atoms with Crippen LogP contribution in [0.5, 0.6) is 0 Å². The van der Waals surface area contributed by atoms with Crippen molar-refractivity contribution in [2.45, 2.75) is 50.0 Å². The second-order valence-electron chi connectivity index (χ2n) is 4.28. The van der Waals surface area contributed by atoms with Crippen molar-refractivity contribution in [2.24, 2.45) is 0 Å². The fourth-order valence-electron chi connectivity index (χ4n) is 2.08. The molecule has 0 spiro atoms. The van der Waals surface area contributed by atoms with Crippen LogP contribution in [0.25, 0.3) is 0 Å². The van der Waals surface area contributed by atoms with E-state index in [1.165, 1.54) is 0 Å². The highest BCUT2D eigenvalue weighted by Gasteiger charge is 2.26. The molecular formula is C10H21NO4. The first kappa shape index (κ1) is 12.9. The fourth-order valence-corrected chi connectivity index (χ4v) is 2.08. The molecule has 4 unspecified atom stereocenters. The Morgan fingerprint density at radius 1 is 0.933 bits per heavy atom. The molecule has 1 heterocycles. The van der Waals surface area contributed by atoms with E-state index in [1.807, 2.05) is 0 Å². The van der Waals surface area contributed by atoms with Crippen LogP contribution in [0.15, 0.2) is 0 Å². The van der Waals surface area contributed by atoms with Gasteiger partial charge in [-0.25, -0.2) is 0 Å². The van der Waals surface area contributed by atoms with Crippen molar-refractivity contribution in [3.63, 3.8) is 0 Å². The van der Waals surface area contributed by atoms with Gasteiger partial charge in [0.2, 0.25) is 0 Å². The summed E-state index contributed by atoms with van der Waals surface area (Å²) in [5.74, 6) is 0. The van der Waals surface area contributed by atoms with Crippen molar-refractivity contribution in [1.82, 2.24) is 5.32 Å². The second-order valence-corrected chi connectivity index (χ2v) is 4.28. The summed E-state index contributed by atoms with van der Waals surface area (Å²) in [5.41, 5.74) is 0. The molecule has 0 saturated carbocycles. The van der Waals surface area contributed by atoms with Crippen LogP contribution in [0.4, 0.5) is 0 Å². The molecule has 5 N–H and O–H groups in total. The zero-order chi connectivity index (χ0) is 11.3. The van der Waals surface area contributed by atoms with Crippen LogP contribution < -0.4 is 5.32 Å². The molecule has 4 atom stereocenters. The molecule has 1 aliphatic heterocycles. The standard InChI is InChI=1S/C10H21NO4/c12-5-9(14)3-7-1-2-8(11-7)4-10(15)6-13/h7-15H,1-6H2. The summed E-state index contributed by atoms with van der Waals surface area (Å²) >= 11 is 0. The molecule has 0 radical (unpaired) electrons. The maximum absolute atomic E-state index is 9.25. The molecule has 1 saturated heterocycles. The van der Waals surface area contributed by atoms with Gasteiger partial charge in [-0.15, -0.1) is 0 Å². The van der Waals surface area contributed by atoms with Crippen molar-refractivity contribution in [3.8, 4) is 0 Å². The summed E-state index contributed by atoms with van der Waals surface area (Å²) in [6, 6.07) is 0.422. The number of aliphatic hydroxyl groups excluding tert-OH is 4. The Morgan fingerprint density at radius 2 is 1.33 bits per heavy atom. The van der Waals surface area contributed by atoms with Gasteiger partial charge >= 0.3 is 0 Å². The van der Waals surface area contributed by atoms with Gasteiger partial charge in [-0.3, -0.25) is 0 Å². The molecule has 0 aromatic carbocycles. The molecule has 5 nitrogen and oxygen atoms in total. The maximum atomic E-state index is 9.25. The lowest BCUT2D eigenvalue weighted by atomic mass is 10.1. The highest BCUT2D eigenvalue weighted by atomic mass is 16.3. The van der Waals surface area contributed by atoms with Crippen molar-refractivity contribution in [2.75, 3.05) is 13.2 Å². The highest BCUT2D eigenvalue weighted by molar-refractivity contribution is 4.86. The number of nitrogens with one attached hydrogen (secondary N) is 1. The third kappa shape index (κ3) is 4.44. The molecule has 0 aromatic rings. The zero-order valence-corrected chi connectivity index (χ0v) is 8.84. The summed E-state index contributed by atoms with van der Waals surface area (Å²) in [7, 11) is 0. The lowest BCUT2D eigenvalue weighted by Gasteiger charge is -2.17. The van der Waals surface area contributed by atoms with Crippen LogP contribution >= 0.6 is 0 Å². The first-order chi connectivity index (χ1) is 7.15. The molecule has 0 aliphatic carbocycles. The molecule has 0 amide bonds. The first-order valence-corrected chi connectivity index (χ1v) is 5.49. The SMILES string of the molecule is OCC(O)CC1CCC(CC(O)CO)N1. The highest BCUT2D eigenvalue weighted by Crippen LogP contribution is 2.19. The second kappa shape index (κ2) is 6.40. The Kier molecular flexibility index (Phi) is 5.49. The Labute approximate surface area is 89.7 Å². The molecule has 0 bridgehead atoms. The summed E-state index contributed by atoms with van der Waals surface area (Å²) in [5, 5.41) is 39.2. The van der Waals surface area contributed by atoms with Crippen molar-refractivity contribution in [1.29, 1.82) is 0 Å². The van der Waals surface area contributed by atoms with Gasteiger partial charge in [0.15, 0.2) is 0 Å². The van der Waals surface area contributed by atoms with E-state index in [2.05, 4.69) is 5.32 Å². The van der Waals surface area contributed by atoms with Gasteiger partial charge in [0.1, 0.15) is 0 Å². The quantitative estimate of drug-likeness (QED) is 0.379. The minimum absolute atomic E-state index is 0.206. The Hall–Kier alpha value is -0.200. The molecule has 1 aliphatic rings. The summed E-state index contributed by atoms with van der Waals surface area (Å²) in [4.78, 5) is 0. The van der Waals surface area contributed by atoms with Crippen LogP contribution in [0, 0.1) is 0 Å². The number of hydrogen-bond donors (Lipinski definition) is 5. The first-order valence-electron chi connectivity index (χ1n) is 5.49. The Balaban J connectivity index is 2.20. The fraction of sp³-hybridized carbons (Fsp3) is 1.00. The normalized spacial score (nSPS) is 30.4. The Bertz CT molecular complexity index is 161. The average molecular weight is 219 g/mol. The smallest absolute Gasteiger partial charge is 0.0785 e. The van der Waals surface area contributed by atoms with Crippen LogP contribution in [0.2, 0.25) is 0 Å². The lowest BCUT2D eigenvalue weighted by Crippen LogP contribution is -2.35. The monoisotopic (exact) mass is 219 g/mol. The molecule has 5 heteroatoms. The van der Waals surface area contributed by atoms with Gasteiger partial charge in [-0.1, -0.05) is 0 Å². The van der Waals surface area contributed by atoms with Crippen LogP contribution in [0.3, 0.4) is 0 Å². The Morgan fingerprint density at radius 3 is 1.67 bits per heavy atom. The number of rotatable bonds is 6. The van der Waals surface area contributed by atoms with E-state index < -0.39 is 12.2 Å². The van der Waals surface area contributed by atoms with E-state index in [0.717, 1.165) is 12.8 Å². The van der Waals surface area contributed by atoms with Gasteiger partial charge in [-0.05, 0) is 25.7 Å². The van der Waals surface area contributed by atoms with Crippen LogP contribution in [0.1, 0.15) is 25.7 Å². The van der Waals surface area contributed by atoms with E-state index in [-0.39, 0.29) is 25.3 Å². The van der Waals surface area contributed by atoms with Crippen molar-refractivity contribution in [3.05, 3.63) is 0 Å². The zero-order valence-electron chi connectivity index (χ0n) is 8.84. The van der Waals surface area contributed by atoms with E-state index in [0.29, 0.717) is 12.8 Å². The van der Waals surface area contributed by atoms with Gasteiger partial charge < -0.3 is 25.7 Å². The van der Waals surface area contributed by atoms with E-state index in [1.54, 1.807) is 0 Å². The summed E-state index contributed by atoms with van der Waals surface area (Å²) in [6.45, 7) is -0.412. The van der Waals surface area contributed by atoms with E-state index in [4.69, 9.17) is 10.2 Å². The predicted molar refractivity (Wildman–Crippen MR) is 55.4 cm³/mol. The van der Waals surface area contributed by atoms with E-state index in [9.17, 15) is 10.2 Å². The third-order valence-corrected chi connectivity index (χ3v) is 2.87. The van der Waals surface area contributed by atoms with Crippen molar-refractivity contribution < 1.29 is 20.4 Å². The lowest BCUT2D eigenvalue weighted by molar-refractivity contribution is 0.0745. The van der Waals surface area contributed by atoms with Crippen LogP contribution in [-0.4, -0.2) is 57.9 Å². The summed E-state index contributed by atoms with van der Waals surface area (Å²) < 4.78 is 0. The largest absolute Gasteiger partial charge is 0.394 e. The number of aliphatic hydroxyl groups is 4. The van der Waals surface area contributed by atoms with E-state index >= 15 is 0 Å². The topological polar surface area (TPSA) is 93.0 Å². The number of hydrogen-bond acceptors (Lipinski definition) is 5. The van der Waals surface area contributed by atoms with Gasteiger partial charge in [-0.2, -0.15) is 0 Å². The minimum atomic E-state index is -0.663. The van der Waals surface area contributed by atoms with Crippen LogP contribution in [-0.2, 0) is 0 Å². The molecular weight excluding hydrogens is 198 g/mol. The minimum Gasteiger partial charge on any atom is -0.394 e. The van der Waals surface area contributed by atoms with Gasteiger partial charge in [0.25, 0.3) is 0 Å². The molecule has 15 heavy (non-hydrogen) atoms. The molecule has 90 valence electrons. The summed E-state index contributed by atoms with van der Waals surface area (Å²) in [6.07, 6.45) is 1.65. The third-order valence-electron chi connectivity index (χ3n) is 2.87. The van der Waals surface area contributed by atoms with Gasteiger partial charge in [0.05, 0.1) is 25.4 Å². The van der Waals surface area contributed by atoms with Crippen molar-refractivity contribution >= 4 is 0 Å².